The molecule has 1 N–H and O–H groups in total. The highest BCUT2D eigenvalue weighted by atomic mass is 32.2. The topological polar surface area (TPSA) is 49.4 Å². The third-order valence-corrected chi connectivity index (χ3v) is 5.55. The Balaban J connectivity index is 3.35. The Bertz CT molecular complexity index is 587. The number of benzene rings is 1. The van der Waals surface area contributed by atoms with Crippen LogP contribution in [-0.2, 0) is 16.6 Å². The van der Waals surface area contributed by atoms with Crippen molar-refractivity contribution < 1.29 is 17.2 Å². The first-order chi connectivity index (χ1) is 9.81. The summed E-state index contributed by atoms with van der Waals surface area (Å²) in [5.41, 5.74) is -0.267. The van der Waals surface area contributed by atoms with Gasteiger partial charge in [0.05, 0.1) is 0 Å². The van der Waals surface area contributed by atoms with Crippen molar-refractivity contribution in [2.45, 2.75) is 44.2 Å². The van der Waals surface area contributed by atoms with E-state index in [0.29, 0.717) is 12.8 Å². The van der Waals surface area contributed by atoms with Crippen molar-refractivity contribution in [1.29, 1.82) is 0 Å². The number of halogens is 2. The number of sulfonamides is 1. The second kappa shape index (κ2) is 7.29. The minimum absolute atomic E-state index is 0.0737. The summed E-state index contributed by atoms with van der Waals surface area (Å²) >= 11 is 0. The van der Waals surface area contributed by atoms with E-state index in [0.717, 1.165) is 16.4 Å². The van der Waals surface area contributed by atoms with E-state index in [1.165, 1.54) is 14.1 Å². The van der Waals surface area contributed by atoms with E-state index < -0.39 is 26.6 Å². The van der Waals surface area contributed by atoms with Crippen molar-refractivity contribution in [3.05, 3.63) is 29.3 Å². The molecule has 0 aromatic heterocycles. The summed E-state index contributed by atoms with van der Waals surface area (Å²) in [6, 6.07) is 1.76. The molecule has 0 radical (unpaired) electrons. The summed E-state index contributed by atoms with van der Waals surface area (Å²) in [6.45, 7) is 3.66. The van der Waals surface area contributed by atoms with E-state index >= 15 is 0 Å². The molecule has 0 fully saturated rings. The Hall–Kier alpha value is -1.05. The average Bonchev–Trinajstić information content (AvgIpc) is 2.44. The summed E-state index contributed by atoms with van der Waals surface area (Å²) in [4.78, 5) is -0.483. The van der Waals surface area contributed by atoms with Crippen LogP contribution in [0.1, 0.15) is 32.3 Å². The van der Waals surface area contributed by atoms with Crippen LogP contribution >= 0.6 is 0 Å². The van der Waals surface area contributed by atoms with Gasteiger partial charge in [0.25, 0.3) is 0 Å². The zero-order chi connectivity index (χ0) is 16.2. The maximum atomic E-state index is 14.4. The number of hydrogen-bond acceptors (Lipinski definition) is 3. The molecule has 120 valence electrons. The van der Waals surface area contributed by atoms with Crippen molar-refractivity contribution in [3.8, 4) is 0 Å². The van der Waals surface area contributed by atoms with Gasteiger partial charge in [-0.25, -0.2) is 17.2 Å². The minimum atomic E-state index is -3.99. The number of hydrogen-bond donors (Lipinski definition) is 1. The minimum Gasteiger partial charge on any atom is -0.315 e. The molecule has 0 aliphatic rings. The standard InChI is InChI=1S/C14H22F2N2O2S/c1-5-10(6-2)18(4)21(19,20)13-8-7-12(15)11(9-17-3)14(13)16/h7-8,10,17H,5-6,9H2,1-4H3. The first-order valence-corrected chi connectivity index (χ1v) is 8.34. The van der Waals surface area contributed by atoms with Gasteiger partial charge in [-0.1, -0.05) is 13.8 Å². The molecule has 1 aromatic carbocycles. The van der Waals surface area contributed by atoms with Crippen molar-refractivity contribution in [3.63, 3.8) is 0 Å². The van der Waals surface area contributed by atoms with Crippen LogP contribution in [-0.4, -0.2) is 32.9 Å². The molecule has 0 bridgehead atoms. The lowest BCUT2D eigenvalue weighted by molar-refractivity contribution is 0.347. The molecule has 0 saturated carbocycles. The quantitative estimate of drug-likeness (QED) is 0.840. The molecule has 0 amide bonds. The molecule has 0 aliphatic heterocycles. The zero-order valence-corrected chi connectivity index (χ0v) is 13.6. The maximum absolute atomic E-state index is 14.4. The van der Waals surface area contributed by atoms with Gasteiger partial charge in [0.15, 0.2) is 5.82 Å². The van der Waals surface area contributed by atoms with Gasteiger partial charge in [-0.05, 0) is 32.0 Å². The first kappa shape index (κ1) is 18.0. The summed E-state index contributed by atoms with van der Waals surface area (Å²) in [6.07, 6.45) is 1.25. The lowest BCUT2D eigenvalue weighted by Crippen LogP contribution is -2.36. The van der Waals surface area contributed by atoms with Gasteiger partial charge in [0, 0.05) is 25.2 Å². The fraction of sp³-hybridized carbons (Fsp3) is 0.571. The number of nitrogens with one attached hydrogen (secondary N) is 1. The molecular weight excluding hydrogens is 298 g/mol. The van der Waals surface area contributed by atoms with Gasteiger partial charge in [-0.2, -0.15) is 4.31 Å². The highest BCUT2D eigenvalue weighted by Crippen LogP contribution is 2.25. The highest BCUT2D eigenvalue weighted by Gasteiger charge is 2.30. The van der Waals surface area contributed by atoms with E-state index in [9.17, 15) is 17.2 Å². The molecule has 0 unspecified atom stereocenters. The fourth-order valence-corrected chi connectivity index (χ4v) is 3.86. The Kier molecular flexibility index (Phi) is 6.24. The molecule has 21 heavy (non-hydrogen) atoms. The van der Waals surface area contributed by atoms with Gasteiger partial charge >= 0.3 is 0 Å². The van der Waals surface area contributed by atoms with E-state index in [-0.39, 0.29) is 18.2 Å². The molecule has 0 saturated heterocycles. The number of rotatable bonds is 7. The molecule has 0 aliphatic carbocycles. The van der Waals surface area contributed by atoms with Gasteiger partial charge in [0.1, 0.15) is 10.7 Å². The summed E-state index contributed by atoms with van der Waals surface area (Å²) in [5.74, 6) is -1.78. The van der Waals surface area contributed by atoms with E-state index in [2.05, 4.69) is 5.32 Å². The van der Waals surface area contributed by atoms with Crippen LogP contribution in [0.25, 0.3) is 0 Å². The molecule has 4 nitrogen and oxygen atoms in total. The Labute approximate surface area is 125 Å². The van der Waals surface area contributed by atoms with Gasteiger partial charge in [0.2, 0.25) is 10.0 Å². The normalized spacial score (nSPS) is 12.4. The van der Waals surface area contributed by atoms with Gasteiger partial charge in [-0.3, -0.25) is 0 Å². The fourth-order valence-electron chi connectivity index (χ4n) is 2.27. The maximum Gasteiger partial charge on any atom is 0.245 e. The zero-order valence-electron chi connectivity index (χ0n) is 12.8. The molecular formula is C14H22F2N2O2S. The van der Waals surface area contributed by atoms with Crippen LogP contribution in [0.3, 0.4) is 0 Å². The SMILES string of the molecule is CCC(CC)N(C)S(=O)(=O)c1ccc(F)c(CNC)c1F. The average molecular weight is 320 g/mol. The Morgan fingerprint density at radius 3 is 2.29 bits per heavy atom. The Morgan fingerprint density at radius 2 is 1.81 bits per heavy atom. The molecule has 1 aromatic rings. The van der Waals surface area contributed by atoms with E-state index in [1.807, 2.05) is 13.8 Å². The molecule has 0 atom stereocenters. The third kappa shape index (κ3) is 3.59. The second-order valence-electron chi connectivity index (χ2n) is 4.86. The van der Waals surface area contributed by atoms with Crippen LogP contribution in [0.4, 0.5) is 8.78 Å². The van der Waals surface area contributed by atoms with Gasteiger partial charge in [-0.15, -0.1) is 0 Å². The lowest BCUT2D eigenvalue weighted by Gasteiger charge is -2.26. The van der Waals surface area contributed by atoms with E-state index in [4.69, 9.17) is 0 Å². The molecule has 7 heteroatoms. The monoisotopic (exact) mass is 320 g/mol. The largest absolute Gasteiger partial charge is 0.315 e. The third-order valence-electron chi connectivity index (χ3n) is 3.62. The first-order valence-electron chi connectivity index (χ1n) is 6.90. The smallest absolute Gasteiger partial charge is 0.245 e. The van der Waals surface area contributed by atoms with Crippen LogP contribution in [0.15, 0.2) is 17.0 Å². The summed E-state index contributed by atoms with van der Waals surface area (Å²) in [7, 11) is -1.02. The predicted molar refractivity (Wildman–Crippen MR) is 78.4 cm³/mol. The summed E-state index contributed by atoms with van der Waals surface area (Å²) in [5, 5.41) is 2.63. The number of nitrogens with zero attached hydrogens (tertiary/aromatic N) is 1. The van der Waals surface area contributed by atoms with Crippen LogP contribution in [0, 0.1) is 11.6 Å². The van der Waals surface area contributed by atoms with Crippen LogP contribution in [0.2, 0.25) is 0 Å². The predicted octanol–water partition coefficient (Wildman–Crippen LogP) is 2.49. The van der Waals surface area contributed by atoms with Crippen molar-refractivity contribution in [2.24, 2.45) is 0 Å². The van der Waals surface area contributed by atoms with Crippen molar-refractivity contribution in [1.82, 2.24) is 9.62 Å². The second-order valence-corrected chi connectivity index (χ2v) is 6.83. The van der Waals surface area contributed by atoms with E-state index in [1.54, 1.807) is 0 Å². The van der Waals surface area contributed by atoms with Gasteiger partial charge < -0.3 is 5.32 Å². The molecule has 1 rings (SSSR count). The van der Waals surface area contributed by atoms with Crippen molar-refractivity contribution in [2.75, 3.05) is 14.1 Å². The summed E-state index contributed by atoms with van der Waals surface area (Å²) < 4.78 is 54.2. The molecule has 0 spiro atoms. The lowest BCUT2D eigenvalue weighted by atomic mass is 10.2. The highest BCUT2D eigenvalue weighted by molar-refractivity contribution is 7.89. The van der Waals surface area contributed by atoms with Crippen LogP contribution in [0.5, 0.6) is 0 Å². The van der Waals surface area contributed by atoms with Crippen LogP contribution < -0.4 is 5.32 Å². The van der Waals surface area contributed by atoms with Crippen molar-refractivity contribution >= 4 is 10.0 Å². The Morgan fingerprint density at radius 1 is 1.24 bits per heavy atom. The molecule has 0 heterocycles.